The van der Waals surface area contributed by atoms with Gasteiger partial charge in [0.25, 0.3) is 0 Å². The molecule has 0 saturated heterocycles. The molecule has 0 N–H and O–H groups in total. The minimum Gasteiger partial charge on any atom is -0.192 e. The topological polar surface area (TPSA) is 23.8 Å². The van der Waals surface area contributed by atoms with Crippen LogP contribution in [-0.4, -0.2) is 0 Å². The highest BCUT2D eigenvalue weighted by Gasteiger charge is 2.09. The van der Waals surface area contributed by atoms with Gasteiger partial charge in [0.2, 0.25) is 0 Å². The highest BCUT2D eigenvalue weighted by Crippen LogP contribution is 2.34. The molecule has 14 heavy (non-hydrogen) atoms. The Kier molecular flexibility index (Phi) is 2.45. The maximum absolute atomic E-state index is 8.86. The number of fused-ring (bicyclic) bond motifs is 1. The van der Waals surface area contributed by atoms with Crippen LogP contribution < -0.4 is 0 Å². The average molecular weight is 222 g/mol. The first-order valence-corrected chi connectivity index (χ1v) is 5.62. The zero-order valence-electron chi connectivity index (χ0n) is 7.67. The molecule has 3 heteroatoms. The molecule has 0 radical (unpaired) electrons. The summed E-state index contributed by atoms with van der Waals surface area (Å²) in [5.74, 6) is 0. The molecule has 0 spiro atoms. The van der Waals surface area contributed by atoms with Crippen molar-refractivity contribution in [2.75, 3.05) is 0 Å². The Morgan fingerprint density at radius 2 is 2.29 bits per heavy atom. The van der Waals surface area contributed by atoms with Crippen molar-refractivity contribution < 1.29 is 0 Å². The highest BCUT2D eigenvalue weighted by molar-refractivity contribution is 7.18. The summed E-state index contributed by atoms with van der Waals surface area (Å²) < 4.78 is 1.03. The van der Waals surface area contributed by atoms with Gasteiger partial charge in [0.05, 0.1) is 15.3 Å². The van der Waals surface area contributed by atoms with Crippen molar-refractivity contribution in [1.29, 1.82) is 5.26 Å². The van der Waals surface area contributed by atoms with Gasteiger partial charge in [0.1, 0.15) is 6.07 Å². The monoisotopic (exact) mass is 221 g/mol. The first kappa shape index (κ1) is 9.51. The number of rotatable bonds is 1. The molecule has 0 bridgehead atoms. The molecule has 0 aliphatic rings. The summed E-state index contributed by atoms with van der Waals surface area (Å²) in [4.78, 5) is 0. The van der Waals surface area contributed by atoms with Crippen LogP contribution in [0.15, 0.2) is 17.5 Å². The van der Waals surface area contributed by atoms with Crippen LogP contribution in [0.1, 0.15) is 18.1 Å². The third-order valence-electron chi connectivity index (χ3n) is 2.26. The van der Waals surface area contributed by atoms with E-state index < -0.39 is 0 Å². The van der Waals surface area contributed by atoms with E-state index in [9.17, 15) is 0 Å². The molecule has 70 valence electrons. The number of benzene rings is 1. The van der Waals surface area contributed by atoms with E-state index >= 15 is 0 Å². The van der Waals surface area contributed by atoms with Crippen molar-refractivity contribution in [3.8, 4) is 6.07 Å². The van der Waals surface area contributed by atoms with E-state index in [1.165, 1.54) is 0 Å². The smallest absolute Gasteiger partial charge is 0.101 e. The van der Waals surface area contributed by atoms with E-state index in [1.54, 1.807) is 11.3 Å². The maximum Gasteiger partial charge on any atom is 0.101 e. The molecular weight excluding hydrogens is 214 g/mol. The summed E-state index contributed by atoms with van der Waals surface area (Å²) in [7, 11) is 0. The van der Waals surface area contributed by atoms with Crippen LogP contribution in [-0.2, 0) is 6.42 Å². The predicted octanol–water partition coefficient (Wildman–Crippen LogP) is 3.99. The Morgan fingerprint density at radius 3 is 2.93 bits per heavy atom. The number of halogens is 1. The maximum atomic E-state index is 8.86. The van der Waals surface area contributed by atoms with Gasteiger partial charge in [-0.15, -0.1) is 11.3 Å². The normalized spacial score (nSPS) is 10.4. The van der Waals surface area contributed by atoms with Gasteiger partial charge in [-0.1, -0.05) is 30.7 Å². The van der Waals surface area contributed by atoms with Gasteiger partial charge < -0.3 is 0 Å². The molecule has 0 fully saturated rings. The minimum atomic E-state index is 0.717. The van der Waals surface area contributed by atoms with Crippen LogP contribution in [0.4, 0.5) is 0 Å². The van der Waals surface area contributed by atoms with Gasteiger partial charge in [-0.3, -0.25) is 0 Å². The predicted molar refractivity (Wildman–Crippen MR) is 60.9 cm³/mol. The third kappa shape index (κ3) is 1.30. The number of nitrogens with zero attached hydrogens (tertiary/aromatic N) is 1. The zero-order valence-corrected chi connectivity index (χ0v) is 9.25. The minimum absolute atomic E-state index is 0.717. The molecule has 0 aliphatic carbocycles. The summed E-state index contributed by atoms with van der Waals surface area (Å²) in [6.07, 6.45) is 0.925. The van der Waals surface area contributed by atoms with Crippen molar-refractivity contribution in [1.82, 2.24) is 0 Å². The molecule has 1 aromatic heterocycles. The van der Waals surface area contributed by atoms with E-state index in [0.29, 0.717) is 0 Å². The summed E-state index contributed by atoms with van der Waals surface area (Å²) in [5.41, 5.74) is 1.86. The number of nitriles is 1. The van der Waals surface area contributed by atoms with Crippen molar-refractivity contribution in [2.45, 2.75) is 13.3 Å². The summed E-state index contributed by atoms with van der Waals surface area (Å²) >= 11 is 7.75. The zero-order chi connectivity index (χ0) is 10.1. The molecule has 2 aromatic rings. The van der Waals surface area contributed by atoms with Gasteiger partial charge >= 0.3 is 0 Å². The van der Waals surface area contributed by atoms with E-state index in [1.807, 2.05) is 17.5 Å². The Balaban J connectivity index is 2.80. The molecule has 1 heterocycles. The summed E-state index contributed by atoms with van der Waals surface area (Å²) in [6, 6.07) is 6.15. The molecule has 1 nitrogen and oxygen atoms in total. The van der Waals surface area contributed by atoms with Gasteiger partial charge in [0, 0.05) is 10.8 Å². The fraction of sp³-hybridized carbons (Fsp3) is 0.182. The molecule has 0 amide bonds. The van der Waals surface area contributed by atoms with Crippen LogP contribution in [0.2, 0.25) is 5.02 Å². The van der Waals surface area contributed by atoms with Crippen LogP contribution in [0.25, 0.3) is 10.1 Å². The van der Waals surface area contributed by atoms with Crippen LogP contribution >= 0.6 is 22.9 Å². The number of thiophene rings is 1. The van der Waals surface area contributed by atoms with Crippen molar-refractivity contribution >= 4 is 33.0 Å². The Bertz CT molecular complexity index is 522. The quantitative estimate of drug-likeness (QED) is 0.715. The first-order valence-electron chi connectivity index (χ1n) is 4.36. The average Bonchev–Trinajstić information content (AvgIpc) is 2.62. The van der Waals surface area contributed by atoms with E-state index in [2.05, 4.69) is 13.0 Å². The second-order valence-electron chi connectivity index (χ2n) is 3.03. The summed E-state index contributed by atoms with van der Waals surface area (Å²) in [5, 5.41) is 12.5. The lowest BCUT2D eigenvalue weighted by atomic mass is 10.1. The molecule has 2 rings (SSSR count). The Hall–Kier alpha value is -1.04. The summed E-state index contributed by atoms with van der Waals surface area (Å²) in [6.45, 7) is 2.08. The van der Waals surface area contributed by atoms with Crippen LogP contribution in [0, 0.1) is 11.3 Å². The fourth-order valence-electron chi connectivity index (χ4n) is 1.47. The fourth-order valence-corrected chi connectivity index (χ4v) is 2.85. The lowest BCUT2D eigenvalue weighted by molar-refractivity contribution is 1.15. The van der Waals surface area contributed by atoms with Crippen molar-refractivity contribution in [3.63, 3.8) is 0 Å². The van der Waals surface area contributed by atoms with Gasteiger partial charge in [0.15, 0.2) is 0 Å². The highest BCUT2D eigenvalue weighted by atomic mass is 35.5. The standard InChI is InChI=1S/C11H8ClNS/c1-2-7-3-4-9-8(5-13)6-14-11(9)10(7)12/h3-4,6H,2H2,1H3. The van der Waals surface area contributed by atoms with Crippen LogP contribution in [0.3, 0.4) is 0 Å². The van der Waals surface area contributed by atoms with E-state index in [0.717, 1.165) is 32.7 Å². The molecule has 0 aliphatic heterocycles. The van der Waals surface area contributed by atoms with E-state index in [-0.39, 0.29) is 0 Å². The van der Waals surface area contributed by atoms with Crippen molar-refractivity contribution in [3.05, 3.63) is 33.7 Å². The second-order valence-corrected chi connectivity index (χ2v) is 4.29. The van der Waals surface area contributed by atoms with Gasteiger partial charge in [-0.25, -0.2) is 0 Å². The third-order valence-corrected chi connectivity index (χ3v) is 3.82. The van der Waals surface area contributed by atoms with Crippen molar-refractivity contribution in [2.24, 2.45) is 0 Å². The lowest BCUT2D eigenvalue weighted by Crippen LogP contribution is -1.81. The first-order chi connectivity index (χ1) is 6.77. The number of aryl methyl sites for hydroxylation is 1. The van der Waals surface area contributed by atoms with Gasteiger partial charge in [-0.05, 0) is 12.0 Å². The van der Waals surface area contributed by atoms with Gasteiger partial charge in [-0.2, -0.15) is 5.26 Å². The number of hydrogen-bond donors (Lipinski definition) is 0. The molecule has 0 unspecified atom stereocenters. The molecule has 1 aromatic carbocycles. The molecule has 0 saturated carbocycles. The van der Waals surface area contributed by atoms with Crippen LogP contribution in [0.5, 0.6) is 0 Å². The SMILES string of the molecule is CCc1ccc2c(C#N)csc2c1Cl. The van der Waals surface area contributed by atoms with E-state index in [4.69, 9.17) is 16.9 Å². The molecular formula is C11H8ClNS. The second kappa shape index (κ2) is 3.61. The Morgan fingerprint density at radius 1 is 1.50 bits per heavy atom. The lowest BCUT2D eigenvalue weighted by Gasteiger charge is -2.01. The number of hydrogen-bond acceptors (Lipinski definition) is 2. The molecule has 0 atom stereocenters. The largest absolute Gasteiger partial charge is 0.192 e. The Labute approximate surface area is 91.5 Å².